The van der Waals surface area contributed by atoms with E-state index in [0.29, 0.717) is 43.3 Å². The van der Waals surface area contributed by atoms with Crippen molar-refractivity contribution in [3.63, 3.8) is 0 Å². The van der Waals surface area contributed by atoms with Crippen LogP contribution in [0.2, 0.25) is 5.28 Å². The number of halogens is 1. The first-order valence-corrected chi connectivity index (χ1v) is 8.79. The van der Waals surface area contributed by atoms with Crippen molar-refractivity contribution in [1.82, 2.24) is 19.5 Å². The highest BCUT2D eigenvalue weighted by atomic mass is 35.5. The number of aromatic nitrogens is 4. The Balaban J connectivity index is 2.12. The van der Waals surface area contributed by atoms with Crippen LogP contribution in [0.5, 0.6) is 0 Å². The molecule has 3 rings (SSSR count). The molecule has 9 nitrogen and oxygen atoms in total. The summed E-state index contributed by atoms with van der Waals surface area (Å²) in [4.78, 5) is 33.0. The summed E-state index contributed by atoms with van der Waals surface area (Å²) < 4.78 is 18.1. The van der Waals surface area contributed by atoms with E-state index in [1.54, 1.807) is 7.05 Å². The lowest BCUT2D eigenvalue weighted by Crippen LogP contribution is -2.37. The van der Waals surface area contributed by atoms with E-state index in [0.717, 1.165) is 0 Å². The molecule has 120 valence electrons. The van der Waals surface area contributed by atoms with E-state index >= 15 is 0 Å². The van der Waals surface area contributed by atoms with Crippen molar-refractivity contribution in [2.75, 3.05) is 31.2 Å². The van der Waals surface area contributed by atoms with Gasteiger partial charge < -0.3 is 24.0 Å². The van der Waals surface area contributed by atoms with Gasteiger partial charge in [0, 0.05) is 20.1 Å². The molecule has 0 radical (unpaired) electrons. The van der Waals surface area contributed by atoms with Crippen molar-refractivity contribution in [1.29, 1.82) is 0 Å². The minimum Gasteiger partial charge on any atom is -0.378 e. The molecule has 0 spiro atoms. The maximum atomic E-state index is 11.2. The maximum absolute atomic E-state index is 11.2. The summed E-state index contributed by atoms with van der Waals surface area (Å²) in [5.41, 5.74) is 0.933. The number of ether oxygens (including phenoxy) is 1. The molecule has 1 aliphatic heterocycles. The fourth-order valence-electron chi connectivity index (χ4n) is 2.39. The van der Waals surface area contributed by atoms with Gasteiger partial charge in [0.15, 0.2) is 17.0 Å². The third-order valence-corrected chi connectivity index (χ3v) is 4.29. The highest BCUT2D eigenvalue weighted by molar-refractivity contribution is 7.50. The number of hydrogen-bond donors (Lipinski definition) is 2. The van der Waals surface area contributed by atoms with Crippen LogP contribution in [0.25, 0.3) is 11.2 Å². The molecule has 2 aromatic rings. The summed E-state index contributed by atoms with van der Waals surface area (Å²) in [5.74, 6) is 0.806. The lowest BCUT2D eigenvalue weighted by Gasteiger charge is -2.27. The van der Waals surface area contributed by atoms with Crippen molar-refractivity contribution in [2.24, 2.45) is 7.05 Å². The Morgan fingerprint density at radius 2 is 1.95 bits per heavy atom. The highest BCUT2D eigenvalue weighted by Gasteiger charge is 2.24. The zero-order valence-corrected chi connectivity index (χ0v) is 13.5. The second-order valence-corrected chi connectivity index (χ2v) is 6.98. The molecule has 2 N–H and O–H groups in total. The summed E-state index contributed by atoms with van der Waals surface area (Å²) >= 11 is 5.98. The minimum atomic E-state index is -4.23. The quantitative estimate of drug-likeness (QED) is 0.610. The SMILES string of the molecule is Cn1c(CP(=O)(O)O)nc2c(N3CCOCC3)nc(Cl)nc21. The zero-order chi connectivity index (χ0) is 15.9. The van der Waals surface area contributed by atoms with Crippen molar-refractivity contribution in [3.8, 4) is 0 Å². The predicted octanol–water partition coefficient (Wildman–Crippen LogP) is 0.531. The summed E-state index contributed by atoms with van der Waals surface area (Å²) in [7, 11) is -2.58. The molecule has 0 aliphatic carbocycles. The molecule has 1 aliphatic rings. The van der Waals surface area contributed by atoms with Crippen molar-refractivity contribution in [3.05, 3.63) is 11.1 Å². The van der Waals surface area contributed by atoms with Gasteiger partial charge >= 0.3 is 7.60 Å². The summed E-state index contributed by atoms with van der Waals surface area (Å²) in [6.07, 6.45) is -0.458. The van der Waals surface area contributed by atoms with E-state index in [1.165, 1.54) is 4.57 Å². The van der Waals surface area contributed by atoms with E-state index in [1.807, 2.05) is 4.90 Å². The Labute approximate surface area is 131 Å². The Kier molecular flexibility index (Phi) is 4.09. The number of nitrogens with zero attached hydrogens (tertiary/aromatic N) is 5. The van der Waals surface area contributed by atoms with Crippen LogP contribution in [0, 0.1) is 0 Å². The standard InChI is InChI=1S/C11H15ClN5O4P/c1-16-7(6-22(18,19)20)13-8-9(16)14-11(12)15-10(8)17-2-4-21-5-3-17/h2-6H2,1H3,(H2,18,19,20). The van der Waals surface area contributed by atoms with Crippen molar-refractivity contribution < 1.29 is 19.1 Å². The Morgan fingerprint density at radius 3 is 2.59 bits per heavy atom. The first-order chi connectivity index (χ1) is 10.3. The van der Waals surface area contributed by atoms with Crippen LogP contribution < -0.4 is 4.90 Å². The molecule has 0 atom stereocenters. The van der Waals surface area contributed by atoms with Gasteiger partial charge in [0.25, 0.3) is 0 Å². The lowest BCUT2D eigenvalue weighted by molar-refractivity contribution is 0.122. The number of imidazole rings is 1. The average Bonchev–Trinajstić information content (AvgIpc) is 2.74. The molecule has 0 bridgehead atoms. The Hall–Kier alpha value is -1.25. The van der Waals surface area contributed by atoms with E-state index in [9.17, 15) is 4.57 Å². The molecule has 0 unspecified atom stereocenters. The molecule has 2 aromatic heterocycles. The van der Waals surface area contributed by atoms with Crippen LogP contribution >= 0.6 is 19.2 Å². The van der Waals surface area contributed by atoms with Gasteiger partial charge in [-0.1, -0.05) is 0 Å². The third kappa shape index (κ3) is 3.09. The van der Waals surface area contributed by atoms with Crippen LogP contribution in [0.15, 0.2) is 0 Å². The van der Waals surface area contributed by atoms with Crippen LogP contribution in [-0.2, 0) is 22.5 Å². The smallest absolute Gasteiger partial charge is 0.333 e. The molecule has 11 heteroatoms. The third-order valence-electron chi connectivity index (χ3n) is 3.42. The zero-order valence-electron chi connectivity index (χ0n) is 11.8. The largest absolute Gasteiger partial charge is 0.378 e. The number of anilines is 1. The first-order valence-electron chi connectivity index (χ1n) is 6.61. The molecule has 0 saturated carbocycles. The number of hydrogen-bond acceptors (Lipinski definition) is 6. The second-order valence-electron chi connectivity index (χ2n) is 5.00. The van der Waals surface area contributed by atoms with Gasteiger partial charge in [0.05, 0.1) is 13.2 Å². The fourth-order valence-corrected chi connectivity index (χ4v) is 3.20. The van der Waals surface area contributed by atoms with Gasteiger partial charge in [-0.3, -0.25) is 4.57 Å². The van der Waals surface area contributed by atoms with Gasteiger partial charge in [-0.25, -0.2) is 4.98 Å². The fraction of sp³-hybridized carbons (Fsp3) is 0.545. The molecule has 22 heavy (non-hydrogen) atoms. The first kappa shape index (κ1) is 15.6. The molecular formula is C11H15ClN5O4P. The van der Waals surface area contributed by atoms with Crippen LogP contribution in [0.1, 0.15) is 5.82 Å². The van der Waals surface area contributed by atoms with Gasteiger partial charge in [-0.2, -0.15) is 9.97 Å². The average molecular weight is 348 g/mol. The van der Waals surface area contributed by atoms with Gasteiger partial charge in [0.1, 0.15) is 12.0 Å². The normalized spacial score (nSPS) is 16.5. The van der Waals surface area contributed by atoms with E-state index in [-0.39, 0.29) is 11.1 Å². The molecule has 1 fully saturated rings. The highest BCUT2D eigenvalue weighted by Crippen LogP contribution is 2.39. The minimum absolute atomic E-state index is 0.0692. The molecule has 3 heterocycles. The van der Waals surface area contributed by atoms with E-state index in [4.69, 9.17) is 26.1 Å². The topological polar surface area (TPSA) is 114 Å². The summed E-state index contributed by atoms with van der Waals surface area (Å²) in [6, 6.07) is 0. The monoisotopic (exact) mass is 347 g/mol. The van der Waals surface area contributed by atoms with Gasteiger partial charge in [-0.15, -0.1) is 0 Å². The summed E-state index contributed by atoms with van der Waals surface area (Å²) in [5, 5.41) is 0.0692. The number of morpholine rings is 1. The van der Waals surface area contributed by atoms with Crippen LogP contribution in [0.3, 0.4) is 0 Å². The molecule has 0 aromatic carbocycles. The number of rotatable bonds is 3. The van der Waals surface area contributed by atoms with Crippen molar-refractivity contribution >= 4 is 36.2 Å². The molecule has 0 amide bonds. The number of fused-ring (bicyclic) bond motifs is 1. The van der Waals surface area contributed by atoms with Gasteiger partial charge in [0.2, 0.25) is 5.28 Å². The Bertz CT molecular complexity index is 755. The maximum Gasteiger partial charge on any atom is 0.333 e. The summed E-state index contributed by atoms with van der Waals surface area (Å²) in [6.45, 7) is 2.44. The van der Waals surface area contributed by atoms with Crippen molar-refractivity contribution in [2.45, 2.75) is 6.16 Å². The predicted molar refractivity (Wildman–Crippen MR) is 80.1 cm³/mol. The van der Waals surface area contributed by atoms with Crippen LogP contribution in [0.4, 0.5) is 5.82 Å². The Morgan fingerprint density at radius 1 is 1.27 bits per heavy atom. The van der Waals surface area contributed by atoms with E-state index < -0.39 is 13.8 Å². The second kappa shape index (κ2) is 5.75. The van der Waals surface area contributed by atoms with Gasteiger partial charge in [-0.05, 0) is 11.6 Å². The lowest BCUT2D eigenvalue weighted by atomic mass is 10.4. The molecular weight excluding hydrogens is 333 g/mol. The number of aryl methyl sites for hydroxylation is 1. The van der Waals surface area contributed by atoms with Crippen LogP contribution in [-0.4, -0.2) is 55.6 Å². The van der Waals surface area contributed by atoms with E-state index in [2.05, 4.69) is 15.0 Å². The molecule has 1 saturated heterocycles.